The Morgan fingerprint density at radius 2 is 1.50 bits per heavy atom. The molecule has 0 spiro atoms. The Labute approximate surface area is 81.2 Å². The van der Waals surface area contributed by atoms with Gasteiger partial charge in [-0.1, -0.05) is 18.2 Å². The molecule has 1 N–H and O–H groups in total. The van der Waals surface area contributed by atoms with Gasteiger partial charge in [0.2, 0.25) is 0 Å². The zero-order valence-electron chi connectivity index (χ0n) is 6.18. The molecule has 1 nitrogen and oxygen atoms in total. The predicted molar refractivity (Wildman–Crippen MR) is 43.3 cm³/mol. The summed E-state index contributed by atoms with van der Waals surface area (Å²) in [6.07, 6.45) is 0. The van der Waals surface area contributed by atoms with Crippen molar-refractivity contribution >= 4 is 27.3 Å². The molecule has 52 valence electrons. The minimum absolute atomic E-state index is 0. The van der Waals surface area contributed by atoms with Gasteiger partial charge in [-0.25, -0.2) is 0 Å². The van der Waals surface area contributed by atoms with Crippen LogP contribution < -0.4 is 0 Å². The van der Waals surface area contributed by atoms with E-state index < -0.39 is 0 Å². The predicted octanol–water partition coefficient (Wildman–Crippen LogP) is 1.63. The van der Waals surface area contributed by atoms with Gasteiger partial charge in [0.15, 0.2) is 0 Å². The Bertz CT molecular complexity index is 200. The molecule has 0 amide bonds. The van der Waals surface area contributed by atoms with E-state index in [9.17, 15) is 5.11 Å². The molecule has 0 heterocycles. The van der Waals surface area contributed by atoms with E-state index in [1.165, 1.54) is 0 Å². The molecule has 1 aromatic carbocycles. The van der Waals surface area contributed by atoms with Crippen molar-refractivity contribution < 1.29 is 5.11 Å². The number of aryl methyl sites for hydroxylation is 2. The van der Waals surface area contributed by atoms with Crippen LogP contribution >= 0.6 is 0 Å². The molecular formula is C8H10OPb. The summed E-state index contributed by atoms with van der Waals surface area (Å²) >= 11 is 0. The number of phenolic OH excluding ortho intramolecular Hbond substituents is 1. The van der Waals surface area contributed by atoms with E-state index in [-0.39, 0.29) is 27.3 Å². The molecule has 0 aliphatic heterocycles. The Morgan fingerprint density at radius 3 is 1.80 bits per heavy atom. The number of aromatic hydroxyl groups is 1. The third kappa shape index (κ3) is 1.97. The molecule has 1 aromatic rings. The molecular weight excluding hydrogens is 319 g/mol. The van der Waals surface area contributed by atoms with Crippen LogP contribution in [0.5, 0.6) is 5.75 Å². The van der Waals surface area contributed by atoms with Gasteiger partial charge in [-0.05, 0) is 25.0 Å². The Hall–Kier alpha value is -0.0579. The van der Waals surface area contributed by atoms with Crippen molar-refractivity contribution in [1.82, 2.24) is 0 Å². The fourth-order valence-electron chi connectivity index (χ4n) is 0.806. The summed E-state index contributed by atoms with van der Waals surface area (Å²) in [6.45, 7) is 3.78. The molecule has 0 saturated heterocycles. The Morgan fingerprint density at radius 1 is 1.10 bits per heavy atom. The van der Waals surface area contributed by atoms with E-state index in [0.717, 1.165) is 11.1 Å². The van der Waals surface area contributed by atoms with E-state index in [2.05, 4.69) is 0 Å². The molecule has 0 atom stereocenters. The minimum atomic E-state index is 0. The second-order valence-corrected chi connectivity index (χ2v) is 2.24. The normalized spacial score (nSPS) is 8.60. The minimum Gasteiger partial charge on any atom is -0.507 e. The van der Waals surface area contributed by atoms with Crippen LogP contribution in [0.25, 0.3) is 0 Å². The standard InChI is InChI=1S/C8H10O.Pb/c1-6-4-3-5-7(2)8(6)9;/h3-5,9H,1-2H3;. The summed E-state index contributed by atoms with van der Waals surface area (Å²) in [5, 5.41) is 9.21. The number of rotatable bonds is 0. The van der Waals surface area contributed by atoms with Gasteiger partial charge in [-0.3, -0.25) is 0 Å². The molecule has 1 rings (SSSR count). The number of hydrogen-bond donors (Lipinski definition) is 1. The van der Waals surface area contributed by atoms with E-state index in [0.29, 0.717) is 5.75 Å². The van der Waals surface area contributed by atoms with Gasteiger partial charge in [0.25, 0.3) is 0 Å². The maximum absolute atomic E-state index is 9.21. The average Bonchev–Trinajstić information content (AvgIpc) is 1.83. The van der Waals surface area contributed by atoms with Crippen LogP contribution in [0.2, 0.25) is 0 Å². The summed E-state index contributed by atoms with van der Waals surface area (Å²) in [5.74, 6) is 0.414. The van der Waals surface area contributed by atoms with Crippen molar-refractivity contribution in [3.05, 3.63) is 29.3 Å². The van der Waals surface area contributed by atoms with Crippen molar-refractivity contribution in [3.8, 4) is 5.75 Å². The molecule has 0 aromatic heterocycles. The third-order valence-electron chi connectivity index (χ3n) is 1.44. The van der Waals surface area contributed by atoms with E-state index in [4.69, 9.17) is 0 Å². The number of para-hydroxylation sites is 1. The number of phenols is 1. The van der Waals surface area contributed by atoms with Crippen molar-refractivity contribution in [3.63, 3.8) is 0 Å². The van der Waals surface area contributed by atoms with Crippen molar-refractivity contribution in [1.29, 1.82) is 0 Å². The van der Waals surface area contributed by atoms with Crippen molar-refractivity contribution in [2.45, 2.75) is 13.8 Å². The van der Waals surface area contributed by atoms with E-state index in [1.807, 2.05) is 32.0 Å². The monoisotopic (exact) mass is 330 g/mol. The van der Waals surface area contributed by atoms with Crippen LogP contribution in [0.3, 0.4) is 0 Å². The largest absolute Gasteiger partial charge is 0.507 e. The average molecular weight is 329 g/mol. The zero-order valence-corrected chi connectivity index (χ0v) is 10.1. The van der Waals surface area contributed by atoms with Crippen LogP contribution in [-0.4, -0.2) is 32.4 Å². The van der Waals surface area contributed by atoms with Gasteiger partial charge in [0.1, 0.15) is 5.75 Å². The molecule has 0 unspecified atom stereocenters. The quantitative estimate of drug-likeness (QED) is 0.718. The fraction of sp³-hybridized carbons (Fsp3) is 0.250. The molecule has 0 aliphatic rings. The van der Waals surface area contributed by atoms with E-state index in [1.54, 1.807) is 0 Å². The second-order valence-electron chi connectivity index (χ2n) is 2.24. The van der Waals surface area contributed by atoms with Crippen molar-refractivity contribution in [2.24, 2.45) is 0 Å². The number of hydrogen-bond acceptors (Lipinski definition) is 1. The summed E-state index contributed by atoms with van der Waals surface area (Å²) in [6, 6.07) is 5.72. The van der Waals surface area contributed by atoms with Crippen LogP contribution in [0.15, 0.2) is 18.2 Å². The smallest absolute Gasteiger partial charge is 0.121 e. The van der Waals surface area contributed by atoms with Crippen LogP contribution in [0.4, 0.5) is 0 Å². The first kappa shape index (κ1) is 9.94. The van der Waals surface area contributed by atoms with Gasteiger partial charge in [0, 0.05) is 27.3 Å². The van der Waals surface area contributed by atoms with Crippen molar-refractivity contribution in [2.75, 3.05) is 0 Å². The van der Waals surface area contributed by atoms with Gasteiger partial charge in [-0.15, -0.1) is 0 Å². The fourth-order valence-corrected chi connectivity index (χ4v) is 0.806. The van der Waals surface area contributed by atoms with Crippen LogP contribution in [0, 0.1) is 13.8 Å². The summed E-state index contributed by atoms with van der Waals surface area (Å²) in [7, 11) is 0. The maximum Gasteiger partial charge on any atom is 0.121 e. The molecule has 2 heteroatoms. The van der Waals surface area contributed by atoms with Crippen LogP contribution in [0.1, 0.15) is 11.1 Å². The molecule has 0 aliphatic carbocycles. The van der Waals surface area contributed by atoms with Gasteiger partial charge in [-0.2, -0.15) is 0 Å². The summed E-state index contributed by atoms with van der Waals surface area (Å²) < 4.78 is 0. The first-order chi connectivity index (χ1) is 4.22. The van der Waals surface area contributed by atoms with Crippen LogP contribution in [-0.2, 0) is 0 Å². The first-order valence-corrected chi connectivity index (χ1v) is 2.97. The topological polar surface area (TPSA) is 20.2 Å². The molecule has 0 saturated carbocycles. The van der Waals surface area contributed by atoms with E-state index >= 15 is 0 Å². The number of benzene rings is 1. The molecule has 0 bridgehead atoms. The van der Waals surface area contributed by atoms with Gasteiger partial charge in [0.05, 0.1) is 0 Å². The summed E-state index contributed by atoms with van der Waals surface area (Å²) in [5.41, 5.74) is 1.88. The molecule has 4 radical (unpaired) electrons. The molecule has 10 heavy (non-hydrogen) atoms. The zero-order chi connectivity index (χ0) is 6.85. The van der Waals surface area contributed by atoms with Gasteiger partial charge < -0.3 is 5.11 Å². The second kappa shape index (κ2) is 3.96. The third-order valence-corrected chi connectivity index (χ3v) is 1.44. The summed E-state index contributed by atoms with van der Waals surface area (Å²) in [4.78, 5) is 0. The molecule has 0 fully saturated rings. The first-order valence-electron chi connectivity index (χ1n) is 2.97. The maximum atomic E-state index is 9.21. The Kier molecular flexibility index (Phi) is 3.93. The Balaban J connectivity index is 0.000000810. The van der Waals surface area contributed by atoms with Gasteiger partial charge >= 0.3 is 0 Å². The SMILES string of the molecule is Cc1cccc(C)c1O.[Pb].